The van der Waals surface area contributed by atoms with E-state index in [0.717, 1.165) is 35.3 Å². The van der Waals surface area contributed by atoms with Crippen molar-refractivity contribution in [2.45, 2.75) is 52.4 Å². The van der Waals surface area contributed by atoms with Gasteiger partial charge in [-0.1, -0.05) is 63.1 Å². The van der Waals surface area contributed by atoms with Crippen molar-refractivity contribution in [3.63, 3.8) is 0 Å². The minimum atomic E-state index is 1.04. The smallest absolute Gasteiger partial charge is 0.0979 e. The molecule has 140 valence electrons. The van der Waals surface area contributed by atoms with Gasteiger partial charge in [-0.25, -0.2) is 9.97 Å². The molecule has 5 rings (SSSR count). The molecule has 0 unspecified atom stereocenters. The number of nitrogens with zero attached hydrogens (tertiary/aromatic N) is 2. The van der Waals surface area contributed by atoms with E-state index >= 15 is 0 Å². The van der Waals surface area contributed by atoms with Crippen LogP contribution in [-0.4, -0.2) is 9.97 Å². The van der Waals surface area contributed by atoms with Gasteiger partial charge in [0.1, 0.15) is 0 Å². The van der Waals surface area contributed by atoms with E-state index in [0.29, 0.717) is 0 Å². The molecule has 1 aliphatic carbocycles. The van der Waals surface area contributed by atoms with E-state index in [4.69, 9.17) is 9.97 Å². The summed E-state index contributed by atoms with van der Waals surface area (Å²) < 4.78 is 0. The van der Waals surface area contributed by atoms with Crippen LogP contribution in [0.5, 0.6) is 0 Å². The van der Waals surface area contributed by atoms with Gasteiger partial charge in [0.15, 0.2) is 0 Å². The van der Waals surface area contributed by atoms with E-state index in [1.165, 1.54) is 58.7 Å². The van der Waals surface area contributed by atoms with Crippen molar-refractivity contribution in [3.8, 4) is 22.5 Å². The molecule has 0 fully saturated rings. The first-order valence-corrected chi connectivity index (χ1v) is 10.7. The number of unbranched alkanes of at least 4 members (excludes halogenated alkanes) is 2. The van der Waals surface area contributed by atoms with Crippen molar-refractivity contribution in [2.75, 3.05) is 0 Å². The number of fused-ring (bicyclic) bond motifs is 4. The SMILES string of the molecule is CCCCc1cc2nc3c(nc2cc1CCCC)-c1cccc2cccc-3c12. The maximum absolute atomic E-state index is 5.12. The number of aryl methyl sites for hydroxylation is 2. The molecular formula is C26H26N2. The second-order valence-electron chi connectivity index (χ2n) is 7.95. The Labute approximate surface area is 166 Å². The second kappa shape index (κ2) is 7.01. The molecule has 3 aromatic carbocycles. The van der Waals surface area contributed by atoms with Crippen molar-refractivity contribution >= 4 is 21.8 Å². The molecular weight excluding hydrogens is 340 g/mol. The third-order valence-corrected chi connectivity index (χ3v) is 6.00. The van der Waals surface area contributed by atoms with E-state index < -0.39 is 0 Å². The lowest BCUT2D eigenvalue weighted by Crippen LogP contribution is -1.99. The lowest BCUT2D eigenvalue weighted by atomic mass is 9.97. The van der Waals surface area contributed by atoms with Crippen molar-refractivity contribution in [1.82, 2.24) is 9.97 Å². The van der Waals surface area contributed by atoms with Gasteiger partial charge in [-0.05, 0) is 54.3 Å². The molecule has 0 atom stereocenters. The molecule has 0 radical (unpaired) electrons. The van der Waals surface area contributed by atoms with E-state index in [-0.39, 0.29) is 0 Å². The maximum atomic E-state index is 5.12. The highest BCUT2D eigenvalue weighted by molar-refractivity contribution is 6.14. The lowest BCUT2D eigenvalue weighted by molar-refractivity contribution is 0.759. The fourth-order valence-corrected chi connectivity index (χ4v) is 4.50. The number of hydrogen-bond acceptors (Lipinski definition) is 2. The van der Waals surface area contributed by atoms with Crippen LogP contribution in [0, 0.1) is 0 Å². The topological polar surface area (TPSA) is 25.8 Å². The monoisotopic (exact) mass is 366 g/mol. The molecule has 0 N–H and O–H groups in total. The van der Waals surface area contributed by atoms with Crippen molar-refractivity contribution < 1.29 is 0 Å². The summed E-state index contributed by atoms with van der Waals surface area (Å²) in [5.41, 5.74) is 9.54. The van der Waals surface area contributed by atoms with Crippen LogP contribution in [0.3, 0.4) is 0 Å². The Bertz CT molecular complexity index is 1100. The maximum Gasteiger partial charge on any atom is 0.0979 e. The Morgan fingerprint density at radius 2 is 1.18 bits per heavy atom. The first-order valence-electron chi connectivity index (χ1n) is 10.7. The Morgan fingerprint density at radius 3 is 1.64 bits per heavy atom. The molecule has 0 spiro atoms. The number of benzene rings is 3. The van der Waals surface area contributed by atoms with E-state index in [9.17, 15) is 0 Å². The third kappa shape index (κ3) is 2.71. The highest BCUT2D eigenvalue weighted by Crippen LogP contribution is 2.45. The third-order valence-electron chi connectivity index (χ3n) is 6.00. The predicted molar refractivity (Wildman–Crippen MR) is 119 cm³/mol. The molecule has 1 aliphatic rings. The minimum absolute atomic E-state index is 1.04. The summed E-state index contributed by atoms with van der Waals surface area (Å²) in [5, 5.41) is 2.57. The summed E-state index contributed by atoms with van der Waals surface area (Å²) >= 11 is 0. The summed E-state index contributed by atoms with van der Waals surface area (Å²) in [6.45, 7) is 4.52. The first kappa shape index (κ1) is 17.4. The normalized spacial score (nSPS) is 12.1. The van der Waals surface area contributed by atoms with E-state index in [2.05, 4.69) is 62.4 Å². The molecule has 0 amide bonds. The van der Waals surface area contributed by atoms with Gasteiger partial charge < -0.3 is 0 Å². The van der Waals surface area contributed by atoms with E-state index in [1.807, 2.05) is 0 Å². The molecule has 0 saturated heterocycles. The zero-order valence-electron chi connectivity index (χ0n) is 16.8. The molecule has 1 aromatic heterocycles. The van der Waals surface area contributed by atoms with Gasteiger partial charge in [0.2, 0.25) is 0 Å². The molecule has 2 nitrogen and oxygen atoms in total. The largest absolute Gasteiger partial charge is 0.244 e. The minimum Gasteiger partial charge on any atom is -0.244 e. The summed E-state index contributed by atoms with van der Waals surface area (Å²) in [4.78, 5) is 10.2. The van der Waals surface area contributed by atoms with Gasteiger partial charge in [0.05, 0.1) is 22.4 Å². The lowest BCUT2D eigenvalue weighted by Gasteiger charge is -2.12. The summed E-state index contributed by atoms with van der Waals surface area (Å²) in [6.07, 6.45) is 7.18. The van der Waals surface area contributed by atoms with Crippen molar-refractivity contribution in [2.24, 2.45) is 0 Å². The number of aromatic nitrogens is 2. The zero-order chi connectivity index (χ0) is 19.1. The van der Waals surface area contributed by atoms with Gasteiger partial charge in [0, 0.05) is 16.5 Å². The van der Waals surface area contributed by atoms with Crippen molar-refractivity contribution in [3.05, 3.63) is 59.7 Å². The first-order chi connectivity index (χ1) is 13.8. The van der Waals surface area contributed by atoms with Crippen LogP contribution >= 0.6 is 0 Å². The molecule has 4 aromatic rings. The standard InChI is InChI=1S/C26H26N2/c1-3-5-9-18-15-22-23(16-19(18)10-6-4-2)28-26-21-14-8-12-17-11-7-13-20(24(17)21)25(26)27-22/h7-8,11-16H,3-6,9-10H2,1-2H3. The quantitative estimate of drug-likeness (QED) is 0.320. The number of rotatable bonds is 6. The second-order valence-corrected chi connectivity index (χ2v) is 7.95. The van der Waals surface area contributed by atoms with Gasteiger partial charge >= 0.3 is 0 Å². The van der Waals surface area contributed by atoms with Crippen LogP contribution < -0.4 is 0 Å². The molecule has 2 heteroatoms. The molecule has 0 saturated carbocycles. The van der Waals surface area contributed by atoms with Gasteiger partial charge in [-0.15, -0.1) is 0 Å². The Kier molecular flexibility index (Phi) is 4.35. The zero-order valence-corrected chi connectivity index (χ0v) is 16.8. The van der Waals surface area contributed by atoms with Crippen LogP contribution in [0.25, 0.3) is 44.3 Å². The Balaban J connectivity index is 1.72. The van der Waals surface area contributed by atoms with Gasteiger partial charge in [0.25, 0.3) is 0 Å². The van der Waals surface area contributed by atoms with Crippen LogP contribution in [0.1, 0.15) is 50.7 Å². The molecule has 28 heavy (non-hydrogen) atoms. The van der Waals surface area contributed by atoms with E-state index in [1.54, 1.807) is 0 Å². The highest BCUT2D eigenvalue weighted by atomic mass is 14.8. The van der Waals surface area contributed by atoms with Crippen LogP contribution in [0.15, 0.2) is 48.5 Å². The fourth-order valence-electron chi connectivity index (χ4n) is 4.50. The summed E-state index contributed by atoms with van der Waals surface area (Å²) in [6, 6.07) is 17.6. The molecule has 0 bridgehead atoms. The van der Waals surface area contributed by atoms with Gasteiger partial charge in [-0.3, -0.25) is 0 Å². The predicted octanol–water partition coefficient (Wildman–Crippen LogP) is 7.12. The summed E-state index contributed by atoms with van der Waals surface area (Å²) in [7, 11) is 0. The van der Waals surface area contributed by atoms with Gasteiger partial charge in [-0.2, -0.15) is 0 Å². The molecule has 1 heterocycles. The Morgan fingerprint density at radius 1 is 0.679 bits per heavy atom. The highest BCUT2D eigenvalue weighted by Gasteiger charge is 2.24. The molecule has 0 aliphatic heterocycles. The number of hydrogen-bond donors (Lipinski definition) is 0. The average molecular weight is 367 g/mol. The van der Waals surface area contributed by atoms with Crippen molar-refractivity contribution in [1.29, 1.82) is 0 Å². The van der Waals surface area contributed by atoms with Crippen LogP contribution in [0.4, 0.5) is 0 Å². The fraction of sp³-hybridized carbons (Fsp3) is 0.308. The Hall–Kier alpha value is -2.74. The summed E-state index contributed by atoms with van der Waals surface area (Å²) in [5.74, 6) is 0. The average Bonchev–Trinajstić information content (AvgIpc) is 3.04. The van der Waals surface area contributed by atoms with Crippen LogP contribution in [0.2, 0.25) is 0 Å². The van der Waals surface area contributed by atoms with Crippen LogP contribution in [-0.2, 0) is 12.8 Å².